The Labute approximate surface area is 70.3 Å². The molecule has 0 saturated carbocycles. The molecular weight excluding hydrogens is 156 g/mol. The van der Waals surface area contributed by atoms with E-state index in [1.165, 1.54) is 11.8 Å². The van der Waals surface area contributed by atoms with Gasteiger partial charge in [-0.05, 0) is 24.8 Å². The fraction of sp³-hybridized carbons (Fsp3) is 0.250. The van der Waals surface area contributed by atoms with Gasteiger partial charge in [0.25, 0.3) is 0 Å². The second kappa shape index (κ2) is 3.40. The number of pyridine rings is 1. The summed E-state index contributed by atoms with van der Waals surface area (Å²) in [4.78, 5) is 4.11. The molecule has 1 heterocycles. The molecule has 0 fully saturated rings. The first-order valence-corrected chi connectivity index (χ1v) is 4.41. The molecule has 0 aromatic carbocycles. The Morgan fingerprint density at radius 1 is 1.64 bits per heavy atom. The molecule has 56 valence electrons. The monoisotopic (exact) mass is 164 g/mol. The van der Waals surface area contributed by atoms with Crippen molar-refractivity contribution in [2.75, 3.05) is 6.26 Å². The Morgan fingerprint density at radius 3 is 2.91 bits per heavy atom. The third-order valence-corrected chi connectivity index (χ3v) is 2.01. The molecule has 0 saturated heterocycles. The van der Waals surface area contributed by atoms with E-state index >= 15 is 0 Å². The number of nitriles is 1. The molecule has 0 aliphatic carbocycles. The lowest BCUT2D eigenvalue weighted by molar-refractivity contribution is 1.09. The highest BCUT2D eigenvalue weighted by Gasteiger charge is 2.00. The molecule has 0 aliphatic heterocycles. The van der Waals surface area contributed by atoms with Crippen molar-refractivity contribution in [2.45, 2.75) is 11.9 Å². The normalized spacial score (nSPS) is 9.18. The van der Waals surface area contributed by atoms with Crippen LogP contribution in [0.5, 0.6) is 0 Å². The third kappa shape index (κ3) is 1.72. The van der Waals surface area contributed by atoms with Gasteiger partial charge in [0.1, 0.15) is 11.1 Å². The Kier molecular flexibility index (Phi) is 2.50. The van der Waals surface area contributed by atoms with Crippen molar-refractivity contribution in [1.82, 2.24) is 4.98 Å². The van der Waals surface area contributed by atoms with Crippen LogP contribution in [-0.4, -0.2) is 11.2 Å². The molecule has 1 rings (SSSR count). The molecule has 2 nitrogen and oxygen atoms in total. The van der Waals surface area contributed by atoms with Crippen LogP contribution in [0.3, 0.4) is 0 Å². The van der Waals surface area contributed by atoms with E-state index in [4.69, 9.17) is 5.26 Å². The zero-order valence-corrected chi connectivity index (χ0v) is 7.27. The maximum Gasteiger partial charge on any atom is 0.113 e. The number of thioether (sulfide) groups is 1. The number of aromatic nitrogens is 1. The second-order valence-electron chi connectivity index (χ2n) is 2.18. The van der Waals surface area contributed by atoms with E-state index < -0.39 is 0 Å². The van der Waals surface area contributed by atoms with Crippen molar-refractivity contribution < 1.29 is 0 Å². The molecule has 0 radical (unpaired) electrons. The highest BCUT2D eigenvalue weighted by molar-refractivity contribution is 7.98. The van der Waals surface area contributed by atoms with Gasteiger partial charge in [0.2, 0.25) is 0 Å². The summed E-state index contributed by atoms with van der Waals surface area (Å²) in [5.74, 6) is 0. The minimum Gasteiger partial charge on any atom is -0.248 e. The van der Waals surface area contributed by atoms with Crippen molar-refractivity contribution in [1.29, 1.82) is 5.26 Å². The van der Waals surface area contributed by atoms with Crippen LogP contribution in [0.1, 0.15) is 11.1 Å². The summed E-state index contributed by atoms with van der Waals surface area (Å²) in [6, 6.07) is 3.95. The zero-order valence-electron chi connectivity index (χ0n) is 6.46. The summed E-state index contributed by atoms with van der Waals surface area (Å²) in [6.45, 7) is 1.93. The van der Waals surface area contributed by atoms with Gasteiger partial charge in [-0.15, -0.1) is 11.8 Å². The van der Waals surface area contributed by atoms with Crippen LogP contribution in [0.15, 0.2) is 17.3 Å². The Morgan fingerprint density at radius 2 is 2.36 bits per heavy atom. The van der Waals surface area contributed by atoms with Gasteiger partial charge in [0.15, 0.2) is 0 Å². The molecule has 0 atom stereocenters. The molecular formula is C8H8N2S. The maximum atomic E-state index is 8.67. The summed E-state index contributed by atoms with van der Waals surface area (Å²) >= 11 is 1.50. The van der Waals surface area contributed by atoms with Gasteiger partial charge in [-0.3, -0.25) is 0 Å². The first-order chi connectivity index (χ1) is 5.27. The fourth-order valence-electron chi connectivity index (χ4n) is 0.799. The largest absolute Gasteiger partial charge is 0.248 e. The van der Waals surface area contributed by atoms with Gasteiger partial charge >= 0.3 is 0 Å². The van der Waals surface area contributed by atoms with Crippen molar-refractivity contribution in [2.24, 2.45) is 0 Å². The minimum atomic E-state index is 0.664. The van der Waals surface area contributed by atoms with Gasteiger partial charge in [-0.25, -0.2) is 4.98 Å². The zero-order chi connectivity index (χ0) is 8.27. The lowest BCUT2D eigenvalue weighted by Gasteiger charge is -1.98. The standard InChI is InChI=1S/C8H8N2S/c1-6-3-7(4-9)8(11-2)10-5-6/h3,5H,1-2H3. The molecule has 1 aromatic heterocycles. The van der Waals surface area contributed by atoms with Crippen LogP contribution >= 0.6 is 11.8 Å². The first kappa shape index (κ1) is 8.09. The van der Waals surface area contributed by atoms with Crippen molar-refractivity contribution in [3.63, 3.8) is 0 Å². The van der Waals surface area contributed by atoms with Gasteiger partial charge in [-0.2, -0.15) is 5.26 Å². The minimum absolute atomic E-state index is 0.664. The molecule has 0 N–H and O–H groups in total. The summed E-state index contributed by atoms with van der Waals surface area (Å²) in [7, 11) is 0. The van der Waals surface area contributed by atoms with Crippen LogP contribution in [0, 0.1) is 18.3 Å². The average molecular weight is 164 g/mol. The van der Waals surface area contributed by atoms with Crippen LogP contribution < -0.4 is 0 Å². The Balaban J connectivity index is 3.19. The first-order valence-electron chi connectivity index (χ1n) is 3.18. The van der Waals surface area contributed by atoms with E-state index in [0.29, 0.717) is 5.56 Å². The molecule has 3 heteroatoms. The molecule has 0 bridgehead atoms. The lowest BCUT2D eigenvalue weighted by Crippen LogP contribution is -1.86. The van der Waals surface area contributed by atoms with Crippen molar-refractivity contribution in [3.8, 4) is 6.07 Å². The average Bonchev–Trinajstić information content (AvgIpc) is 2.04. The number of rotatable bonds is 1. The van der Waals surface area contributed by atoms with Gasteiger partial charge in [0, 0.05) is 6.20 Å². The fourth-order valence-corrected chi connectivity index (χ4v) is 1.28. The lowest BCUT2D eigenvalue weighted by atomic mass is 10.2. The summed E-state index contributed by atoms with van der Waals surface area (Å²) < 4.78 is 0. The van der Waals surface area contributed by atoms with Crippen molar-refractivity contribution >= 4 is 11.8 Å². The predicted octanol–water partition coefficient (Wildman–Crippen LogP) is 1.98. The van der Waals surface area contributed by atoms with Crippen LogP contribution in [0.2, 0.25) is 0 Å². The highest BCUT2D eigenvalue weighted by atomic mass is 32.2. The smallest absolute Gasteiger partial charge is 0.113 e. The van der Waals surface area contributed by atoms with E-state index in [9.17, 15) is 0 Å². The van der Waals surface area contributed by atoms with E-state index in [0.717, 1.165) is 10.6 Å². The number of hydrogen-bond donors (Lipinski definition) is 0. The van der Waals surface area contributed by atoms with Crippen molar-refractivity contribution in [3.05, 3.63) is 23.4 Å². The molecule has 11 heavy (non-hydrogen) atoms. The maximum absolute atomic E-state index is 8.67. The van der Waals surface area contributed by atoms with Gasteiger partial charge in [-0.1, -0.05) is 0 Å². The summed E-state index contributed by atoms with van der Waals surface area (Å²) in [5, 5.41) is 9.47. The predicted molar refractivity (Wildman–Crippen MR) is 45.5 cm³/mol. The van der Waals surface area contributed by atoms with Gasteiger partial charge in [0.05, 0.1) is 5.56 Å². The molecule has 0 unspecified atom stereocenters. The summed E-state index contributed by atoms with van der Waals surface area (Å²) in [6.07, 6.45) is 3.69. The molecule has 1 aromatic rings. The van der Waals surface area contributed by atoms with Crippen LogP contribution in [-0.2, 0) is 0 Å². The number of nitrogens with zero attached hydrogens (tertiary/aromatic N) is 2. The van der Waals surface area contributed by atoms with Gasteiger partial charge < -0.3 is 0 Å². The van der Waals surface area contributed by atoms with Crippen LogP contribution in [0.4, 0.5) is 0 Å². The number of aryl methyl sites for hydroxylation is 1. The number of hydrogen-bond acceptors (Lipinski definition) is 3. The third-order valence-electron chi connectivity index (χ3n) is 1.30. The highest BCUT2D eigenvalue weighted by Crippen LogP contribution is 2.16. The van der Waals surface area contributed by atoms with E-state index in [1.807, 2.05) is 19.2 Å². The topological polar surface area (TPSA) is 36.7 Å². The quantitative estimate of drug-likeness (QED) is 0.595. The summed E-state index contributed by atoms with van der Waals surface area (Å²) in [5.41, 5.74) is 1.69. The van der Waals surface area contributed by atoms with E-state index in [-0.39, 0.29) is 0 Å². The van der Waals surface area contributed by atoms with E-state index in [2.05, 4.69) is 11.1 Å². The SMILES string of the molecule is CSc1ncc(C)cc1C#N. The molecule has 0 aliphatic rings. The Bertz CT molecular complexity index is 301. The second-order valence-corrected chi connectivity index (χ2v) is 2.98. The van der Waals surface area contributed by atoms with E-state index in [1.54, 1.807) is 6.20 Å². The molecule has 0 amide bonds. The Hall–Kier alpha value is -1.01. The van der Waals surface area contributed by atoms with Crippen LogP contribution in [0.25, 0.3) is 0 Å². The molecule has 0 spiro atoms.